The lowest BCUT2D eigenvalue weighted by molar-refractivity contribution is 0.677. The highest BCUT2D eigenvalue weighted by molar-refractivity contribution is 14.1. The maximum Gasteiger partial charge on any atom is 0.159 e. The first-order chi connectivity index (χ1) is 9.58. The van der Waals surface area contributed by atoms with Gasteiger partial charge in [0.25, 0.3) is 0 Å². The van der Waals surface area contributed by atoms with Crippen LogP contribution in [0.4, 0.5) is 0 Å². The lowest BCUT2D eigenvalue weighted by Crippen LogP contribution is -2.07. The quantitative estimate of drug-likeness (QED) is 0.588. The van der Waals surface area contributed by atoms with E-state index in [0.717, 1.165) is 19.5 Å². The van der Waals surface area contributed by atoms with E-state index < -0.39 is 11.0 Å². The summed E-state index contributed by atoms with van der Waals surface area (Å²) in [5.74, 6) is 0. The largest absolute Gasteiger partial charge is 0.237 e. The smallest absolute Gasteiger partial charge is 0.159 e. The third kappa shape index (κ3) is 2.38. The Labute approximate surface area is 137 Å². The van der Waals surface area contributed by atoms with E-state index in [1.165, 1.54) is 0 Å². The van der Waals surface area contributed by atoms with Crippen molar-refractivity contribution in [1.82, 2.24) is 8.96 Å². The van der Waals surface area contributed by atoms with Crippen LogP contribution in [0, 0.1) is 10.6 Å². The molecule has 0 aliphatic rings. The second-order valence-electron chi connectivity index (χ2n) is 4.35. The average molecular weight is 417 g/mol. The number of halogens is 2. The summed E-state index contributed by atoms with van der Waals surface area (Å²) in [4.78, 5) is 5.05. The number of pyridine rings is 1. The van der Waals surface area contributed by atoms with Gasteiger partial charge in [-0.3, -0.25) is 0 Å². The summed E-state index contributed by atoms with van der Waals surface area (Å²) in [6.07, 6.45) is 1.63. The lowest BCUT2D eigenvalue weighted by atomic mass is 10.2. The van der Waals surface area contributed by atoms with E-state index in [-0.39, 0.29) is 0 Å². The predicted octanol–water partition coefficient (Wildman–Crippen LogP) is 4.17. The van der Waals surface area contributed by atoms with Crippen LogP contribution < -0.4 is 0 Å². The Kier molecular flexibility index (Phi) is 3.83. The molecule has 3 rings (SSSR count). The number of hydrogen-bond donors (Lipinski definition) is 0. The van der Waals surface area contributed by atoms with Crippen molar-refractivity contribution in [2.75, 3.05) is 0 Å². The van der Waals surface area contributed by atoms with Crippen LogP contribution in [-0.4, -0.2) is 13.2 Å². The fraction of sp³-hybridized carbons (Fsp3) is 0.0714. The minimum Gasteiger partial charge on any atom is -0.237 e. The van der Waals surface area contributed by atoms with Crippen molar-refractivity contribution in [3.8, 4) is 0 Å². The fourth-order valence-corrected chi connectivity index (χ4v) is 4.30. The molecular weight excluding hydrogens is 407 g/mol. The second-order valence-corrected chi connectivity index (χ2v) is 7.20. The Morgan fingerprint density at radius 3 is 2.65 bits per heavy atom. The Morgan fingerprint density at radius 2 is 1.95 bits per heavy atom. The standard InChI is InChI=1S/C14H10ClIN2OS/c1-9-2-4-10(5-3-9)20(19)18-13(16)8-11-12(15)6-7-17-14(11)18/h2-8H,1H3. The first-order valence-electron chi connectivity index (χ1n) is 5.88. The van der Waals surface area contributed by atoms with Crippen molar-refractivity contribution in [2.24, 2.45) is 0 Å². The van der Waals surface area contributed by atoms with Crippen molar-refractivity contribution < 1.29 is 4.21 Å². The van der Waals surface area contributed by atoms with Crippen molar-refractivity contribution >= 4 is 56.2 Å². The molecular formula is C14H10ClIN2OS. The molecule has 0 aliphatic heterocycles. The van der Waals surface area contributed by atoms with Crippen LogP contribution in [0.2, 0.25) is 5.02 Å². The van der Waals surface area contributed by atoms with Gasteiger partial charge in [-0.1, -0.05) is 29.3 Å². The van der Waals surface area contributed by atoms with Gasteiger partial charge in [0, 0.05) is 11.6 Å². The summed E-state index contributed by atoms with van der Waals surface area (Å²) in [7, 11) is -1.33. The minimum absolute atomic E-state index is 0.618. The Bertz CT molecular complexity index is 814. The molecule has 1 atom stereocenters. The zero-order chi connectivity index (χ0) is 14.3. The molecule has 0 amide bonds. The highest BCUT2D eigenvalue weighted by Gasteiger charge is 2.16. The van der Waals surface area contributed by atoms with Crippen molar-refractivity contribution in [1.29, 1.82) is 0 Å². The molecule has 1 aromatic carbocycles. The van der Waals surface area contributed by atoms with Gasteiger partial charge >= 0.3 is 0 Å². The van der Waals surface area contributed by atoms with Gasteiger partial charge in [0.15, 0.2) is 16.6 Å². The molecule has 3 aromatic rings. The molecule has 0 spiro atoms. The van der Waals surface area contributed by atoms with E-state index in [1.807, 2.05) is 37.3 Å². The van der Waals surface area contributed by atoms with Crippen LogP contribution in [0.5, 0.6) is 0 Å². The number of fused-ring (bicyclic) bond motifs is 1. The Balaban J connectivity index is 2.19. The van der Waals surface area contributed by atoms with Gasteiger partial charge in [-0.15, -0.1) is 0 Å². The highest BCUT2D eigenvalue weighted by Crippen LogP contribution is 2.28. The summed E-state index contributed by atoms with van der Waals surface area (Å²) in [5.41, 5.74) is 1.78. The van der Waals surface area contributed by atoms with Crippen LogP contribution in [0.1, 0.15) is 5.56 Å². The number of aryl methyl sites for hydroxylation is 1. The summed E-state index contributed by atoms with van der Waals surface area (Å²) in [5, 5.41) is 1.44. The molecule has 6 heteroatoms. The number of aromatic nitrogens is 2. The van der Waals surface area contributed by atoms with Gasteiger partial charge < -0.3 is 0 Å². The maximum atomic E-state index is 12.8. The molecule has 0 aliphatic carbocycles. The maximum absolute atomic E-state index is 12.8. The van der Waals surface area contributed by atoms with E-state index in [1.54, 1.807) is 16.2 Å². The van der Waals surface area contributed by atoms with Crippen molar-refractivity contribution in [2.45, 2.75) is 11.8 Å². The molecule has 0 N–H and O–H groups in total. The molecule has 102 valence electrons. The van der Waals surface area contributed by atoms with E-state index in [2.05, 4.69) is 27.6 Å². The molecule has 0 bridgehead atoms. The molecule has 2 heterocycles. The highest BCUT2D eigenvalue weighted by atomic mass is 127. The molecule has 0 saturated heterocycles. The normalized spacial score (nSPS) is 12.8. The predicted molar refractivity (Wildman–Crippen MR) is 90.4 cm³/mol. The first kappa shape index (κ1) is 14.0. The van der Waals surface area contributed by atoms with Crippen molar-refractivity contribution in [3.63, 3.8) is 0 Å². The van der Waals surface area contributed by atoms with Crippen LogP contribution in [0.25, 0.3) is 11.0 Å². The van der Waals surface area contributed by atoms with E-state index in [4.69, 9.17) is 11.6 Å². The Morgan fingerprint density at radius 1 is 1.25 bits per heavy atom. The number of benzene rings is 1. The number of nitrogens with zero attached hydrogens (tertiary/aromatic N) is 2. The second kappa shape index (κ2) is 5.46. The van der Waals surface area contributed by atoms with Crippen LogP contribution in [0.3, 0.4) is 0 Å². The molecule has 2 aromatic heterocycles. The Hall–Kier alpha value is -0.920. The van der Waals surface area contributed by atoms with Crippen LogP contribution >= 0.6 is 34.2 Å². The van der Waals surface area contributed by atoms with E-state index >= 15 is 0 Å². The number of rotatable bonds is 2. The van der Waals surface area contributed by atoms with Crippen LogP contribution in [-0.2, 0) is 11.0 Å². The minimum atomic E-state index is -1.33. The molecule has 0 radical (unpaired) electrons. The van der Waals surface area contributed by atoms with Gasteiger partial charge in [0.1, 0.15) is 0 Å². The van der Waals surface area contributed by atoms with E-state index in [9.17, 15) is 4.21 Å². The zero-order valence-electron chi connectivity index (χ0n) is 10.5. The molecule has 0 fully saturated rings. The van der Waals surface area contributed by atoms with Crippen molar-refractivity contribution in [3.05, 3.63) is 56.9 Å². The van der Waals surface area contributed by atoms with Gasteiger partial charge in [0.05, 0.1) is 13.6 Å². The molecule has 3 nitrogen and oxygen atoms in total. The average Bonchev–Trinajstić information content (AvgIpc) is 2.77. The summed E-state index contributed by atoms with van der Waals surface area (Å²) < 4.78 is 15.3. The van der Waals surface area contributed by atoms with Gasteiger partial charge in [-0.2, -0.15) is 0 Å². The molecule has 1 unspecified atom stereocenters. The summed E-state index contributed by atoms with van der Waals surface area (Å²) >= 11 is 8.31. The topological polar surface area (TPSA) is 34.9 Å². The third-order valence-electron chi connectivity index (χ3n) is 2.95. The number of hydrogen-bond acceptors (Lipinski definition) is 2. The lowest BCUT2D eigenvalue weighted by Gasteiger charge is -2.06. The molecule has 20 heavy (non-hydrogen) atoms. The van der Waals surface area contributed by atoms with Gasteiger partial charge in [-0.05, 0) is 53.8 Å². The van der Waals surface area contributed by atoms with Gasteiger partial charge in [-0.25, -0.2) is 13.2 Å². The van der Waals surface area contributed by atoms with Crippen LogP contribution in [0.15, 0.2) is 47.5 Å². The summed E-state index contributed by atoms with van der Waals surface area (Å²) in [6, 6.07) is 11.3. The SMILES string of the molecule is Cc1ccc(S(=O)n2c(I)cc3c(Cl)ccnc32)cc1. The first-order valence-corrected chi connectivity index (χ1v) is 8.44. The monoisotopic (exact) mass is 416 g/mol. The third-order valence-corrected chi connectivity index (χ3v) is 5.78. The van der Waals surface area contributed by atoms with E-state index in [0.29, 0.717) is 10.7 Å². The summed E-state index contributed by atoms with van der Waals surface area (Å²) in [6.45, 7) is 2.00. The fourth-order valence-electron chi connectivity index (χ4n) is 1.93. The van der Waals surface area contributed by atoms with Gasteiger partial charge in [0.2, 0.25) is 0 Å². The zero-order valence-corrected chi connectivity index (χ0v) is 14.2. The molecule has 0 saturated carbocycles.